The first-order valence-corrected chi connectivity index (χ1v) is 6.17. The molecule has 0 rings (SSSR count). The van der Waals surface area contributed by atoms with Gasteiger partial charge in [-0.05, 0) is 16.1 Å². The van der Waals surface area contributed by atoms with E-state index in [0.717, 1.165) is 5.75 Å². The lowest BCUT2D eigenvalue weighted by atomic mass is 10.6. The van der Waals surface area contributed by atoms with Gasteiger partial charge in [-0.1, -0.05) is 21.6 Å². The number of nitrogens with zero attached hydrogens (tertiary/aromatic N) is 1. The Morgan fingerprint density at radius 2 is 2.38 bits per heavy atom. The number of hydrogen-bond donors (Lipinski definition) is 0. The topological polar surface area (TPSA) is 23.8 Å². The molecule has 0 aromatic carbocycles. The number of hydrogen-bond acceptors (Lipinski definition) is 4. The van der Waals surface area contributed by atoms with Crippen molar-refractivity contribution in [2.45, 2.75) is 6.42 Å². The fourth-order valence-electron chi connectivity index (χ4n) is 0.169. The third-order valence-corrected chi connectivity index (χ3v) is 4.30. The predicted molar refractivity (Wildman–Crippen MR) is 43.8 cm³/mol. The van der Waals surface area contributed by atoms with Crippen LogP contribution in [0.25, 0.3) is 0 Å². The van der Waals surface area contributed by atoms with Crippen molar-refractivity contribution < 1.29 is 0 Å². The summed E-state index contributed by atoms with van der Waals surface area (Å²) in [6.45, 7) is 0. The maximum atomic E-state index is 8.09. The molecular weight excluding hydrogens is 158 g/mol. The van der Waals surface area contributed by atoms with Crippen molar-refractivity contribution in [3.05, 3.63) is 0 Å². The standard InChI is InChI=1S/C4H7NS3/c1-6-8-7-4-2-3-5/h2,4H2,1H3. The van der Waals surface area contributed by atoms with Crippen molar-refractivity contribution >= 4 is 31.4 Å². The molecule has 0 N–H and O–H groups in total. The fraction of sp³-hybridized carbons (Fsp3) is 0.750. The molecule has 1 nitrogen and oxygen atoms in total. The zero-order valence-electron chi connectivity index (χ0n) is 4.59. The summed E-state index contributed by atoms with van der Waals surface area (Å²) in [5, 5.41) is 8.09. The Morgan fingerprint density at radius 1 is 1.62 bits per heavy atom. The van der Waals surface area contributed by atoms with E-state index in [1.807, 2.05) is 6.26 Å². The minimum atomic E-state index is 0.665. The third-order valence-electron chi connectivity index (χ3n) is 0.413. The van der Waals surface area contributed by atoms with Crippen LogP contribution in [0.3, 0.4) is 0 Å². The predicted octanol–water partition coefficient (Wildman–Crippen LogP) is 2.56. The van der Waals surface area contributed by atoms with Crippen LogP contribution in [0.1, 0.15) is 6.42 Å². The highest BCUT2D eigenvalue weighted by molar-refractivity contribution is 9.09. The molecule has 4 heteroatoms. The molecular formula is C4H7NS3. The van der Waals surface area contributed by atoms with Gasteiger partial charge in [-0.2, -0.15) is 5.26 Å². The summed E-state index contributed by atoms with van der Waals surface area (Å²) in [6.07, 6.45) is 2.70. The average molecular weight is 165 g/mol. The molecule has 0 aliphatic carbocycles. The first-order valence-electron chi connectivity index (χ1n) is 2.11. The van der Waals surface area contributed by atoms with Crippen LogP contribution in [0.2, 0.25) is 0 Å². The summed E-state index contributed by atoms with van der Waals surface area (Å²) in [5.74, 6) is 0.946. The Bertz CT molecular complexity index is 77.8. The quantitative estimate of drug-likeness (QED) is 0.472. The van der Waals surface area contributed by atoms with Gasteiger partial charge in [0.25, 0.3) is 0 Å². The zero-order chi connectivity index (χ0) is 6.24. The molecule has 0 atom stereocenters. The highest BCUT2D eigenvalue weighted by Gasteiger charge is 1.84. The van der Waals surface area contributed by atoms with Crippen molar-refractivity contribution in [1.29, 1.82) is 5.26 Å². The molecule has 0 aromatic rings. The Balaban J connectivity index is 2.65. The molecule has 0 fully saturated rings. The van der Waals surface area contributed by atoms with E-state index in [1.54, 1.807) is 31.4 Å². The van der Waals surface area contributed by atoms with Crippen molar-refractivity contribution in [3.63, 3.8) is 0 Å². The van der Waals surface area contributed by atoms with Gasteiger partial charge in [0.15, 0.2) is 0 Å². The van der Waals surface area contributed by atoms with Crippen LogP contribution in [-0.4, -0.2) is 12.0 Å². The van der Waals surface area contributed by atoms with Crippen molar-refractivity contribution in [3.8, 4) is 6.07 Å². The summed E-state index contributed by atoms with van der Waals surface area (Å²) in [7, 11) is 5.19. The molecule has 0 radical (unpaired) electrons. The number of rotatable bonds is 4. The lowest BCUT2D eigenvalue weighted by Gasteiger charge is -1.88. The van der Waals surface area contributed by atoms with E-state index in [4.69, 9.17) is 5.26 Å². The summed E-state index contributed by atoms with van der Waals surface area (Å²) in [5.41, 5.74) is 0. The highest BCUT2D eigenvalue weighted by atomic mass is 33.5. The summed E-state index contributed by atoms with van der Waals surface area (Å²) in [6, 6.07) is 2.08. The largest absolute Gasteiger partial charge is 0.198 e. The maximum Gasteiger partial charge on any atom is 0.0630 e. The third kappa shape index (κ3) is 6.54. The molecule has 0 spiro atoms. The molecule has 0 aromatic heterocycles. The van der Waals surface area contributed by atoms with Gasteiger partial charge in [0.1, 0.15) is 0 Å². The molecule has 8 heavy (non-hydrogen) atoms. The minimum Gasteiger partial charge on any atom is -0.198 e. The smallest absolute Gasteiger partial charge is 0.0630 e. The van der Waals surface area contributed by atoms with Gasteiger partial charge in [0.05, 0.1) is 6.07 Å². The summed E-state index contributed by atoms with van der Waals surface area (Å²) in [4.78, 5) is 0. The van der Waals surface area contributed by atoms with Crippen LogP contribution < -0.4 is 0 Å². The molecule has 46 valence electrons. The van der Waals surface area contributed by atoms with Crippen molar-refractivity contribution in [1.82, 2.24) is 0 Å². The van der Waals surface area contributed by atoms with Gasteiger partial charge in [0.2, 0.25) is 0 Å². The van der Waals surface area contributed by atoms with E-state index in [2.05, 4.69) is 6.07 Å². The second kappa shape index (κ2) is 7.54. The lowest BCUT2D eigenvalue weighted by molar-refractivity contribution is 1.25. The number of nitriles is 1. The van der Waals surface area contributed by atoms with Gasteiger partial charge in [0, 0.05) is 12.2 Å². The fourth-order valence-corrected chi connectivity index (χ4v) is 2.73. The Morgan fingerprint density at radius 3 is 2.88 bits per heavy atom. The van der Waals surface area contributed by atoms with Crippen molar-refractivity contribution in [2.24, 2.45) is 0 Å². The Hall–Kier alpha value is 0.540. The van der Waals surface area contributed by atoms with E-state index in [0.29, 0.717) is 6.42 Å². The molecule has 0 saturated carbocycles. The van der Waals surface area contributed by atoms with E-state index in [1.165, 1.54) is 0 Å². The Kier molecular flexibility index (Phi) is 8.05. The zero-order valence-corrected chi connectivity index (χ0v) is 7.04. The highest BCUT2D eigenvalue weighted by Crippen LogP contribution is 2.31. The molecule has 0 bridgehead atoms. The molecule has 0 amide bonds. The van der Waals surface area contributed by atoms with Crippen LogP contribution >= 0.6 is 31.4 Å². The van der Waals surface area contributed by atoms with Gasteiger partial charge in [-0.15, -0.1) is 0 Å². The molecule has 0 unspecified atom stereocenters. The monoisotopic (exact) mass is 165 g/mol. The van der Waals surface area contributed by atoms with Crippen LogP contribution in [0.15, 0.2) is 0 Å². The van der Waals surface area contributed by atoms with Gasteiger partial charge in [-0.3, -0.25) is 0 Å². The molecule has 0 aliphatic heterocycles. The first kappa shape index (κ1) is 8.54. The van der Waals surface area contributed by atoms with E-state index in [9.17, 15) is 0 Å². The van der Waals surface area contributed by atoms with Crippen LogP contribution in [0, 0.1) is 11.3 Å². The molecule has 0 aliphatic rings. The van der Waals surface area contributed by atoms with E-state index in [-0.39, 0.29) is 0 Å². The van der Waals surface area contributed by atoms with E-state index < -0.39 is 0 Å². The molecule has 0 heterocycles. The SMILES string of the molecule is CSSSCCC#N. The normalized spacial score (nSPS) is 8.50. The van der Waals surface area contributed by atoms with Crippen LogP contribution in [0.5, 0.6) is 0 Å². The van der Waals surface area contributed by atoms with Gasteiger partial charge >= 0.3 is 0 Å². The second-order valence-corrected chi connectivity index (χ2v) is 5.42. The van der Waals surface area contributed by atoms with Crippen LogP contribution in [0.4, 0.5) is 0 Å². The second-order valence-electron chi connectivity index (χ2n) is 0.965. The summed E-state index contributed by atoms with van der Waals surface area (Å²) < 4.78 is 0. The van der Waals surface area contributed by atoms with E-state index >= 15 is 0 Å². The average Bonchev–Trinajstić information content (AvgIpc) is 1.81. The van der Waals surface area contributed by atoms with Gasteiger partial charge in [-0.25, -0.2) is 0 Å². The molecule has 0 saturated heterocycles. The van der Waals surface area contributed by atoms with Gasteiger partial charge < -0.3 is 0 Å². The first-order chi connectivity index (χ1) is 3.91. The minimum absolute atomic E-state index is 0.665. The van der Waals surface area contributed by atoms with Crippen LogP contribution in [-0.2, 0) is 0 Å². The summed E-state index contributed by atoms with van der Waals surface area (Å²) >= 11 is 0. The maximum absolute atomic E-state index is 8.09. The Labute approximate surface area is 61.4 Å². The van der Waals surface area contributed by atoms with Crippen molar-refractivity contribution in [2.75, 3.05) is 12.0 Å². The lowest BCUT2D eigenvalue weighted by Crippen LogP contribution is -1.67.